The highest BCUT2D eigenvalue weighted by Crippen LogP contribution is 2.05. The molecule has 0 aromatic carbocycles. The summed E-state index contributed by atoms with van der Waals surface area (Å²) in [4.78, 5) is 4.39. The first kappa shape index (κ1) is 18.2. The zero-order valence-electron chi connectivity index (χ0n) is 12.3. The fraction of sp³-hybridized carbons (Fsp3) is 0.917. The molecule has 6 nitrogen and oxygen atoms in total. The van der Waals surface area contributed by atoms with Crippen molar-refractivity contribution in [3.05, 3.63) is 0 Å². The number of sulfonamides is 1. The molecule has 0 aliphatic rings. The molecule has 0 spiro atoms. The average Bonchev–Trinajstić information content (AvgIpc) is 2.26. The number of aliphatic imine (C=N–C) groups is 1. The fourth-order valence-electron chi connectivity index (χ4n) is 1.51. The van der Waals surface area contributed by atoms with E-state index >= 15 is 0 Å². The van der Waals surface area contributed by atoms with E-state index in [1.165, 1.54) is 6.42 Å². The maximum absolute atomic E-state index is 10.8. The molecule has 0 aliphatic carbocycles. The van der Waals surface area contributed by atoms with Crippen LogP contribution < -0.4 is 15.8 Å². The van der Waals surface area contributed by atoms with E-state index in [2.05, 4.69) is 29.5 Å². The Bertz CT molecular complexity index is 353. The molecule has 0 unspecified atom stereocenters. The number of nitrogens with two attached hydrogens (primary N) is 1. The molecule has 0 radical (unpaired) electrons. The number of hydrogen-bond donors (Lipinski definition) is 3. The van der Waals surface area contributed by atoms with Crippen molar-refractivity contribution in [2.45, 2.75) is 40.0 Å². The van der Waals surface area contributed by atoms with Gasteiger partial charge in [0.2, 0.25) is 10.0 Å². The molecule has 0 amide bonds. The summed E-state index contributed by atoms with van der Waals surface area (Å²) in [5.74, 6) is 1.28. The van der Waals surface area contributed by atoms with Gasteiger partial charge in [0.1, 0.15) is 0 Å². The minimum Gasteiger partial charge on any atom is -0.357 e. The van der Waals surface area contributed by atoms with Gasteiger partial charge in [-0.1, -0.05) is 26.7 Å². The molecule has 0 fully saturated rings. The molecule has 0 heterocycles. The van der Waals surface area contributed by atoms with Crippen molar-refractivity contribution in [1.29, 1.82) is 0 Å². The summed E-state index contributed by atoms with van der Waals surface area (Å²) >= 11 is 0. The van der Waals surface area contributed by atoms with Crippen LogP contribution in [-0.4, -0.2) is 39.8 Å². The molecule has 0 saturated carbocycles. The number of nitrogens with zero attached hydrogens (tertiary/aromatic N) is 1. The van der Waals surface area contributed by atoms with Gasteiger partial charge in [0.05, 0.1) is 5.75 Å². The monoisotopic (exact) mass is 292 g/mol. The largest absolute Gasteiger partial charge is 0.357 e. The number of guanidine groups is 1. The zero-order valence-corrected chi connectivity index (χ0v) is 13.1. The van der Waals surface area contributed by atoms with E-state index in [0.717, 1.165) is 31.8 Å². The molecule has 0 rings (SSSR count). The van der Waals surface area contributed by atoms with Crippen molar-refractivity contribution in [1.82, 2.24) is 10.6 Å². The van der Waals surface area contributed by atoms with E-state index in [-0.39, 0.29) is 12.3 Å². The van der Waals surface area contributed by atoms with Crippen molar-refractivity contribution >= 4 is 16.0 Å². The second-order valence-corrected chi connectivity index (χ2v) is 6.68. The lowest BCUT2D eigenvalue weighted by Crippen LogP contribution is -2.40. The topological polar surface area (TPSA) is 96.6 Å². The predicted molar refractivity (Wildman–Crippen MR) is 80.6 cm³/mol. The van der Waals surface area contributed by atoms with E-state index in [9.17, 15) is 8.42 Å². The highest BCUT2D eigenvalue weighted by atomic mass is 32.2. The molecule has 0 saturated heterocycles. The zero-order chi connectivity index (χ0) is 14.7. The molecule has 4 N–H and O–H groups in total. The van der Waals surface area contributed by atoms with Crippen LogP contribution in [0, 0.1) is 5.92 Å². The van der Waals surface area contributed by atoms with Gasteiger partial charge in [0.15, 0.2) is 5.96 Å². The van der Waals surface area contributed by atoms with Gasteiger partial charge in [0.25, 0.3) is 0 Å². The molecule has 0 aromatic rings. The van der Waals surface area contributed by atoms with E-state index in [1.807, 2.05) is 6.92 Å². The fourth-order valence-corrected chi connectivity index (χ4v) is 1.90. The highest BCUT2D eigenvalue weighted by Gasteiger charge is 2.03. The van der Waals surface area contributed by atoms with E-state index in [0.29, 0.717) is 5.96 Å². The Balaban J connectivity index is 3.95. The molecule has 19 heavy (non-hydrogen) atoms. The van der Waals surface area contributed by atoms with Crippen LogP contribution in [0.5, 0.6) is 0 Å². The van der Waals surface area contributed by atoms with Gasteiger partial charge < -0.3 is 10.6 Å². The van der Waals surface area contributed by atoms with E-state index in [4.69, 9.17) is 5.14 Å². The maximum atomic E-state index is 10.8. The third kappa shape index (κ3) is 13.4. The van der Waals surface area contributed by atoms with Crippen molar-refractivity contribution in [2.24, 2.45) is 16.0 Å². The van der Waals surface area contributed by atoms with Gasteiger partial charge in [-0.15, -0.1) is 0 Å². The smallest absolute Gasteiger partial charge is 0.210 e. The lowest BCUT2D eigenvalue weighted by molar-refractivity contribution is 0.541. The van der Waals surface area contributed by atoms with Crippen LogP contribution in [0.4, 0.5) is 0 Å². The van der Waals surface area contributed by atoms with Crippen LogP contribution in [0.15, 0.2) is 4.99 Å². The lowest BCUT2D eigenvalue weighted by Gasteiger charge is -2.10. The second kappa shape index (κ2) is 10.0. The van der Waals surface area contributed by atoms with Gasteiger partial charge in [0, 0.05) is 19.6 Å². The van der Waals surface area contributed by atoms with Gasteiger partial charge in [-0.25, -0.2) is 13.6 Å². The average molecular weight is 292 g/mol. The van der Waals surface area contributed by atoms with Crippen molar-refractivity contribution in [3.8, 4) is 0 Å². The molecule has 0 bridgehead atoms. The minimum atomic E-state index is -3.42. The normalized spacial score (nSPS) is 12.8. The van der Waals surface area contributed by atoms with Gasteiger partial charge in [-0.05, 0) is 19.3 Å². The van der Waals surface area contributed by atoms with Crippen LogP contribution in [0.25, 0.3) is 0 Å². The highest BCUT2D eigenvalue weighted by molar-refractivity contribution is 7.89. The summed E-state index contributed by atoms with van der Waals surface area (Å²) in [6.45, 7) is 8.15. The Kier molecular flexibility index (Phi) is 9.59. The lowest BCUT2D eigenvalue weighted by atomic mass is 10.1. The standard InChI is InChI=1S/C12H28N4O2S/c1-4-14-12(16-9-10-19(13,17)18)15-8-6-5-7-11(2)3/h11H,4-10H2,1-3H3,(H2,13,17,18)(H2,14,15,16). The first-order valence-corrected chi connectivity index (χ1v) is 8.59. The summed E-state index contributed by atoms with van der Waals surface area (Å²) in [6.07, 6.45) is 3.42. The molecule has 0 atom stereocenters. The maximum Gasteiger partial charge on any atom is 0.210 e. The van der Waals surface area contributed by atoms with Crippen LogP contribution >= 0.6 is 0 Å². The Morgan fingerprint density at radius 3 is 2.47 bits per heavy atom. The molecule has 114 valence electrons. The van der Waals surface area contributed by atoms with Crippen LogP contribution in [-0.2, 0) is 10.0 Å². The molecule has 0 aromatic heterocycles. The Labute approximate surface area is 117 Å². The Morgan fingerprint density at radius 1 is 1.26 bits per heavy atom. The Hall–Kier alpha value is -0.820. The van der Waals surface area contributed by atoms with Crippen molar-refractivity contribution < 1.29 is 8.42 Å². The number of rotatable bonds is 9. The quantitative estimate of drug-likeness (QED) is 0.330. The number of hydrogen-bond acceptors (Lipinski definition) is 3. The van der Waals surface area contributed by atoms with Gasteiger partial charge >= 0.3 is 0 Å². The van der Waals surface area contributed by atoms with E-state index < -0.39 is 10.0 Å². The summed E-state index contributed by atoms with van der Waals surface area (Å²) < 4.78 is 21.6. The third-order valence-electron chi connectivity index (χ3n) is 2.48. The second-order valence-electron chi connectivity index (χ2n) is 4.94. The molecular formula is C12H28N4O2S. The number of primary sulfonamides is 1. The van der Waals surface area contributed by atoms with Gasteiger partial charge in [-0.3, -0.25) is 4.99 Å². The first-order chi connectivity index (χ1) is 8.85. The van der Waals surface area contributed by atoms with Crippen LogP contribution in [0.3, 0.4) is 0 Å². The number of nitrogens with one attached hydrogen (secondary N) is 2. The van der Waals surface area contributed by atoms with Crippen LogP contribution in [0.1, 0.15) is 40.0 Å². The summed E-state index contributed by atoms with van der Waals surface area (Å²) in [5, 5.41) is 11.0. The van der Waals surface area contributed by atoms with Crippen molar-refractivity contribution in [3.63, 3.8) is 0 Å². The molecule has 0 aliphatic heterocycles. The summed E-state index contributed by atoms with van der Waals surface area (Å²) in [7, 11) is -3.42. The van der Waals surface area contributed by atoms with Crippen molar-refractivity contribution in [2.75, 3.05) is 25.4 Å². The van der Waals surface area contributed by atoms with Crippen LogP contribution in [0.2, 0.25) is 0 Å². The summed E-state index contributed by atoms with van der Waals surface area (Å²) in [6, 6.07) is 0. The molecular weight excluding hydrogens is 264 g/mol. The summed E-state index contributed by atoms with van der Waals surface area (Å²) in [5.41, 5.74) is 0. The predicted octanol–water partition coefficient (Wildman–Crippen LogP) is 0.656. The number of unbranched alkanes of at least 4 members (excludes halogenated alkanes) is 1. The third-order valence-corrected chi connectivity index (χ3v) is 3.26. The van der Waals surface area contributed by atoms with E-state index in [1.54, 1.807) is 0 Å². The molecule has 7 heteroatoms. The minimum absolute atomic E-state index is 0.0925. The first-order valence-electron chi connectivity index (χ1n) is 6.87. The SMILES string of the molecule is CCNC(=NCCCCC(C)C)NCCS(N)(=O)=O. The Morgan fingerprint density at radius 2 is 1.95 bits per heavy atom. The van der Waals surface area contributed by atoms with Gasteiger partial charge in [-0.2, -0.15) is 0 Å².